The summed E-state index contributed by atoms with van der Waals surface area (Å²) < 4.78 is 0. The van der Waals surface area contributed by atoms with Crippen LogP contribution in [0.1, 0.15) is 27.5 Å². The summed E-state index contributed by atoms with van der Waals surface area (Å²) in [6.45, 7) is 4.01. The molecule has 6 heteroatoms. The smallest absolute Gasteiger partial charge is 0.242 e. The van der Waals surface area contributed by atoms with E-state index in [4.69, 9.17) is 11.6 Å². The lowest BCUT2D eigenvalue weighted by Crippen LogP contribution is -2.19. The van der Waals surface area contributed by atoms with E-state index in [0.717, 1.165) is 38.5 Å². The first-order chi connectivity index (χ1) is 16.5. The molecule has 0 aliphatic rings. The molecule has 4 aromatic rings. The monoisotopic (exact) mass is 485 g/mol. The van der Waals surface area contributed by atoms with Crippen LogP contribution in [-0.2, 0) is 4.79 Å². The maximum absolute atomic E-state index is 13.5. The zero-order valence-electron chi connectivity index (χ0n) is 18.9. The van der Waals surface area contributed by atoms with Crippen molar-refractivity contribution in [3.05, 3.63) is 119 Å². The van der Waals surface area contributed by atoms with Gasteiger partial charge in [0.1, 0.15) is 10.4 Å². The SMILES string of the molecule is Cc1ccc(C)c(NC(=O)[C@@H](Sc2ccccc2N=Cc2cccnc2Cl)c2ccccc2)c1. The Bertz CT molecular complexity index is 1320. The third-order valence-corrected chi connectivity index (χ3v) is 6.87. The van der Waals surface area contributed by atoms with Crippen LogP contribution in [0, 0.1) is 13.8 Å². The maximum atomic E-state index is 13.5. The summed E-state index contributed by atoms with van der Waals surface area (Å²) in [5.74, 6) is -0.0843. The van der Waals surface area contributed by atoms with Gasteiger partial charge in [-0.15, -0.1) is 11.8 Å². The van der Waals surface area contributed by atoms with E-state index in [1.807, 2.05) is 98.8 Å². The van der Waals surface area contributed by atoms with E-state index in [2.05, 4.69) is 15.3 Å². The molecule has 3 aromatic carbocycles. The summed E-state index contributed by atoms with van der Waals surface area (Å²) in [7, 11) is 0. The van der Waals surface area contributed by atoms with Crippen molar-refractivity contribution >= 4 is 46.9 Å². The molecule has 1 heterocycles. The minimum atomic E-state index is -0.459. The van der Waals surface area contributed by atoms with Crippen LogP contribution < -0.4 is 5.32 Å². The number of para-hydroxylation sites is 1. The van der Waals surface area contributed by atoms with Crippen molar-refractivity contribution in [3.8, 4) is 0 Å². The van der Waals surface area contributed by atoms with Gasteiger partial charge >= 0.3 is 0 Å². The Kier molecular flexibility index (Phi) is 7.78. The number of aliphatic imine (C=N–C) groups is 1. The number of halogens is 1. The number of aryl methyl sites for hydroxylation is 2. The molecule has 0 fully saturated rings. The molecule has 1 N–H and O–H groups in total. The summed E-state index contributed by atoms with van der Waals surface area (Å²) in [5.41, 5.74) is 5.35. The fraction of sp³-hybridized carbons (Fsp3) is 0.107. The Labute approximate surface area is 209 Å². The van der Waals surface area contributed by atoms with E-state index in [9.17, 15) is 4.79 Å². The molecule has 1 atom stereocenters. The van der Waals surface area contributed by atoms with Crippen LogP contribution in [0.2, 0.25) is 5.15 Å². The molecule has 4 rings (SSSR count). The number of anilines is 1. The Balaban J connectivity index is 1.65. The van der Waals surface area contributed by atoms with Gasteiger partial charge in [0.05, 0.1) is 5.69 Å². The van der Waals surface area contributed by atoms with Crippen molar-refractivity contribution in [3.63, 3.8) is 0 Å². The zero-order valence-corrected chi connectivity index (χ0v) is 20.5. The van der Waals surface area contributed by atoms with Crippen LogP contribution in [0.15, 0.2) is 101 Å². The van der Waals surface area contributed by atoms with Gasteiger partial charge in [-0.25, -0.2) is 4.98 Å². The number of hydrogen-bond donors (Lipinski definition) is 1. The number of nitrogens with one attached hydrogen (secondary N) is 1. The molecule has 1 amide bonds. The average Bonchev–Trinajstić information content (AvgIpc) is 2.85. The molecule has 0 bridgehead atoms. The van der Waals surface area contributed by atoms with Crippen molar-refractivity contribution in [1.82, 2.24) is 4.98 Å². The van der Waals surface area contributed by atoms with E-state index >= 15 is 0 Å². The predicted molar refractivity (Wildman–Crippen MR) is 143 cm³/mol. The number of aromatic nitrogens is 1. The number of thioether (sulfide) groups is 1. The van der Waals surface area contributed by atoms with Crippen LogP contribution in [0.25, 0.3) is 0 Å². The van der Waals surface area contributed by atoms with E-state index in [1.54, 1.807) is 12.4 Å². The molecule has 170 valence electrons. The molecule has 0 spiro atoms. The maximum Gasteiger partial charge on any atom is 0.242 e. The average molecular weight is 486 g/mol. The summed E-state index contributed by atoms with van der Waals surface area (Å²) in [4.78, 5) is 23.2. The van der Waals surface area contributed by atoms with E-state index in [0.29, 0.717) is 5.15 Å². The van der Waals surface area contributed by atoms with Crippen LogP contribution in [0.4, 0.5) is 11.4 Å². The number of carbonyl (C=O) groups excluding carboxylic acids is 1. The van der Waals surface area contributed by atoms with Crippen molar-refractivity contribution in [2.24, 2.45) is 4.99 Å². The largest absolute Gasteiger partial charge is 0.325 e. The highest BCUT2D eigenvalue weighted by Gasteiger charge is 2.23. The molecule has 0 saturated heterocycles. The van der Waals surface area contributed by atoms with E-state index in [-0.39, 0.29) is 5.91 Å². The number of hydrogen-bond acceptors (Lipinski definition) is 4. The summed E-state index contributed by atoms with van der Waals surface area (Å²) in [6.07, 6.45) is 3.34. The lowest BCUT2D eigenvalue weighted by Gasteiger charge is -2.19. The van der Waals surface area contributed by atoms with Gasteiger partial charge in [0, 0.05) is 28.6 Å². The van der Waals surface area contributed by atoms with Gasteiger partial charge in [0.15, 0.2) is 0 Å². The Hall–Kier alpha value is -3.41. The van der Waals surface area contributed by atoms with Crippen LogP contribution >= 0.6 is 23.4 Å². The molecular weight excluding hydrogens is 462 g/mol. The molecule has 0 aliphatic heterocycles. The standard InChI is InChI=1S/C28H24ClN3OS/c1-19-14-15-20(2)24(17-19)32-28(33)26(21-9-4-3-5-10-21)34-25-13-7-6-12-23(25)31-18-22-11-8-16-30-27(22)29/h3-18,26H,1-2H3,(H,32,33)/t26-/m0/s1. The molecule has 0 unspecified atom stereocenters. The first-order valence-corrected chi connectivity index (χ1v) is 12.1. The molecule has 0 aliphatic carbocycles. The van der Waals surface area contributed by atoms with Gasteiger partial charge in [-0.05, 0) is 60.9 Å². The second kappa shape index (κ2) is 11.1. The third kappa shape index (κ3) is 5.93. The third-order valence-electron chi connectivity index (χ3n) is 5.23. The number of carbonyl (C=O) groups is 1. The highest BCUT2D eigenvalue weighted by molar-refractivity contribution is 8.00. The lowest BCUT2D eigenvalue weighted by atomic mass is 10.1. The number of benzene rings is 3. The second-order valence-corrected chi connectivity index (χ2v) is 9.33. The highest BCUT2D eigenvalue weighted by atomic mass is 35.5. The zero-order chi connectivity index (χ0) is 23.9. The molecule has 34 heavy (non-hydrogen) atoms. The fourth-order valence-corrected chi connectivity index (χ4v) is 4.67. The van der Waals surface area contributed by atoms with Gasteiger partial charge in [0.2, 0.25) is 5.91 Å². The van der Waals surface area contributed by atoms with Gasteiger partial charge in [0.25, 0.3) is 0 Å². The summed E-state index contributed by atoms with van der Waals surface area (Å²) in [6, 6.07) is 27.3. The first-order valence-electron chi connectivity index (χ1n) is 10.8. The minimum Gasteiger partial charge on any atom is -0.325 e. The first kappa shape index (κ1) is 23.7. The Morgan fingerprint density at radius 3 is 2.56 bits per heavy atom. The molecule has 4 nitrogen and oxygen atoms in total. The quantitative estimate of drug-likeness (QED) is 0.167. The summed E-state index contributed by atoms with van der Waals surface area (Å²) >= 11 is 7.65. The number of amides is 1. The molecule has 0 radical (unpaired) electrons. The van der Waals surface area contributed by atoms with Gasteiger partial charge in [-0.3, -0.25) is 9.79 Å². The van der Waals surface area contributed by atoms with Crippen molar-refractivity contribution < 1.29 is 4.79 Å². The number of rotatable bonds is 7. The van der Waals surface area contributed by atoms with E-state index in [1.165, 1.54) is 11.8 Å². The topological polar surface area (TPSA) is 54.4 Å². The normalized spacial score (nSPS) is 12.0. The van der Waals surface area contributed by atoms with Gasteiger partial charge < -0.3 is 5.32 Å². The van der Waals surface area contributed by atoms with Crippen LogP contribution in [0.5, 0.6) is 0 Å². The number of pyridine rings is 1. The minimum absolute atomic E-state index is 0.0843. The summed E-state index contributed by atoms with van der Waals surface area (Å²) in [5, 5.41) is 3.07. The van der Waals surface area contributed by atoms with Crippen molar-refractivity contribution in [2.45, 2.75) is 24.0 Å². The van der Waals surface area contributed by atoms with Gasteiger partial charge in [-0.2, -0.15) is 0 Å². The lowest BCUT2D eigenvalue weighted by molar-refractivity contribution is -0.115. The van der Waals surface area contributed by atoms with Crippen LogP contribution in [-0.4, -0.2) is 17.1 Å². The number of nitrogens with zero attached hydrogens (tertiary/aromatic N) is 2. The fourth-order valence-electron chi connectivity index (χ4n) is 3.39. The van der Waals surface area contributed by atoms with Crippen LogP contribution in [0.3, 0.4) is 0 Å². The Morgan fingerprint density at radius 1 is 1.00 bits per heavy atom. The van der Waals surface area contributed by atoms with E-state index < -0.39 is 5.25 Å². The second-order valence-electron chi connectivity index (χ2n) is 7.83. The molecule has 1 aromatic heterocycles. The molecule has 0 saturated carbocycles. The van der Waals surface area contributed by atoms with Crippen molar-refractivity contribution in [2.75, 3.05) is 5.32 Å². The highest BCUT2D eigenvalue weighted by Crippen LogP contribution is 2.41. The van der Waals surface area contributed by atoms with Gasteiger partial charge in [-0.1, -0.05) is 66.2 Å². The Morgan fingerprint density at radius 2 is 1.76 bits per heavy atom. The molecular formula is C28H24ClN3OS. The predicted octanol–water partition coefficient (Wildman–Crippen LogP) is 7.57. The van der Waals surface area contributed by atoms with Crippen molar-refractivity contribution in [1.29, 1.82) is 0 Å².